The second-order valence-corrected chi connectivity index (χ2v) is 6.89. The minimum absolute atomic E-state index is 0.0183. The minimum Gasteiger partial charge on any atom is -0.335 e. The predicted molar refractivity (Wildman–Crippen MR) is 104 cm³/mol. The molecule has 1 aliphatic rings. The molecule has 0 spiro atoms. The lowest BCUT2D eigenvalue weighted by Crippen LogP contribution is -2.48. The summed E-state index contributed by atoms with van der Waals surface area (Å²) in [6, 6.07) is 7.96. The smallest absolute Gasteiger partial charge is 0.272 e. The van der Waals surface area contributed by atoms with Gasteiger partial charge in [-0.25, -0.2) is 9.97 Å². The fourth-order valence-corrected chi connectivity index (χ4v) is 3.15. The second kappa shape index (κ2) is 7.83. The van der Waals surface area contributed by atoms with Crippen molar-refractivity contribution in [1.29, 1.82) is 0 Å². The van der Waals surface area contributed by atoms with Crippen LogP contribution in [0.2, 0.25) is 0 Å². The van der Waals surface area contributed by atoms with Gasteiger partial charge in [0.05, 0.1) is 0 Å². The van der Waals surface area contributed by atoms with Crippen molar-refractivity contribution in [1.82, 2.24) is 19.8 Å². The molecule has 1 saturated heterocycles. The van der Waals surface area contributed by atoms with Gasteiger partial charge in [0.1, 0.15) is 5.69 Å². The number of benzene rings is 1. The third-order valence-electron chi connectivity index (χ3n) is 4.82. The molecule has 0 bridgehead atoms. The topological polar surface area (TPSA) is 61.4 Å². The molecule has 138 valence electrons. The van der Waals surface area contributed by atoms with Gasteiger partial charge < -0.3 is 15.1 Å². The SMILES string of the molecule is CCN1CCN(C(=O)c2cc(C)nc(Nc3cc(C)ccc3C)n2)CC1. The van der Waals surface area contributed by atoms with Gasteiger partial charge in [-0.3, -0.25) is 4.79 Å². The molecule has 6 heteroatoms. The lowest BCUT2D eigenvalue weighted by Gasteiger charge is -2.33. The van der Waals surface area contributed by atoms with Crippen LogP contribution in [0.25, 0.3) is 0 Å². The van der Waals surface area contributed by atoms with Gasteiger partial charge in [-0.05, 0) is 50.6 Å². The van der Waals surface area contributed by atoms with Gasteiger partial charge in [0, 0.05) is 37.6 Å². The molecular weight excluding hydrogens is 326 g/mol. The number of aromatic nitrogens is 2. The third kappa shape index (κ3) is 4.19. The zero-order valence-corrected chi connectivity index (χ0v) is 16.0. The molecule has 0 radical (unpaired) electrons. The first-order valence-electron chi connectivity index (χ1n) is 9.18. The summed E-state index contributed by atoms with van der Waals surface area (Å²) in [6.45, 7) is 12.5. The van der Waals surface area contributed by atoms with E-state index in [-0.39, 0.29) is 5.91 Å². The lowest BCUT2D eigenvalue weighted by molar-refractivity contribution is 0.0637. The van der Waals surface area contributed by atoms with Crippen LogP contribution in [0, 0.1) is 20.8 Å². The summed E-state index contributed by atoms with van der Waals surface area (Å²) in [4.78, 5) is 26.0. The van der Waals surface area contributed by atoms with Gasteiger partial charge in [0.15, 0.2) is 0 Å². The fraction of sp³-hybridized carbons (Fsp3) is 0.450. The molecule has 2 aromatic rings. The number of rotatable bonds is 4. The van der Waals surface area contributed by atoms with Crippen molar-refractivity contribution in [2.75, 3.05) is 38.0 Å². The van der Waals surface area contributed by atoms with E-state index >= 15 is 0 Å². The quantitative estimate of drug-likeness (QED) is 0.916. The number of hydrogen-bond donors (Lipinski definition) is 1. The number of hydrogen-bond acceptors (Lipinski definition) is 5. The van der Waals surface area contributed by atoms with Gasteiger partial charge in [-0.15, -0.1) is 0 Å². The molecule has 2 heterocycles. The van der Waals surface area contributed by atoms with E-state index in [1.165, 1.54) is 0 Å². The van der Waals surface area contributed by atoms with Crippen molar-refractivity contribution >= 4 is 17.5 Å². The first kappa shape index (κ1) is 18.3. The van der Waals surface area contributed by atoms with Gasteiger partial charge >= 0.3 is 0 Å². The molecule has 1 amide bonds. The number of carbonyl (C=O) groups is 1. The monoisotopic (exact) mass is 353 g/mol. The van der Waals surface area contributed by atoms with Crippen molar-refractivity contribution in [3.8, 4) is 0 Å². The standard InChI is InChI=1S/C20H27N5O/c1-5-24-8-10-25(11-9-24)19(26)18-13-16(4)21-20(23-18)22-17-12-14(2)6-7-15(17)3/h6-7,12-13H,5,8-11H2,1-4H3,(H,21,22,23). The Kier molecular flexibility index (Phi) is 5.52. The van der Waals surface area contributed by atoms with Gasteiger partial charge in [-0.1, -0.05) is 19.1 Å². The van der Waals surface area contributed by atoms with Crippen LogP contribution in [0.15, 0.2) is 24.3 Å². The number of nitrogens with one attached hydrogen (secondary N) is 1. The average Bonchev–Trinajstić information content (AvgIpc) is 2.64. The largest absolute Gasteiger partial charge is 0.335 e. The van der Waals surface area contributed by atoms with E-state index in [0.717, 1.165) is 55.2 Å². The molecule has 1 aliphatic heterocycles. The number of likely N-dealkylation sites (N-methyl/N-ethyl adjacent to an activating group) is 1. The minimum atomic E-state index is -0.0183. The van der Waals surface area contributed by atoms with Crippen LogP contribution in [-0.2, 0) is 0 Å². The molecular formula is C20H27N5O. The summed E-state index contributed by atoms with van der Waals surface area (Å²) >= 11 is 0. The van der Waals surface area contributed by atoms with Crippen LogP contribution in [0.5, 0.6) is 0 Å². The summed E-state index contributed by atoms with van der Waals surface area (Å²) in [5.41, 5.74) is 4.48. The van der Waals surface area contributed by atoms with Crippen molar-refractivity contribution in [2.24, 2.45) is 0 Å². The molecule has 0 atom stereocenters. The molecule has 1 aromatic heterocycles. The summed E-state index contributed by atoms with van der Waals surface area (Å²) in [5.74, 6) is 0.449. The number of carbonyl (C=O) groups excluding carboxylic acids is 1. The molecule has 3 rings (SSSR count). The van der Waals surface area contributed by atoms with Gasteiger partial charge in [0.25, 0.3) is 5.91 Å². The van der Waals surface area contributed by atoms with E-state index < -0.39 is 0 Å². The van der Waals surface area contributed by atoms with E-state index in [4.69, 9.17) is 0 Å². The molecule has 0 saturated carbocycles. The van der Waals surface area contributed by atoms with Crippen LogP contribution in [-0.4, -0.2) is 58.4 Å². The van der Waals surface area contributed by atoms with Crippen molar-refractivity contribution in [3.05, 3.63) is 46.8 Å². The van der Waals surface area contributed by atoms with Crippen LogP contribution >= 0.6 is 0 Å². The molecule has 1 fully saturated rings. The van der Waals surface area contributed by atoms with Gasteiger partial charge in [-0.2, -0.15) is 0 Å². The highest BCUT2D eigenvalue weighted by Crippen LogP contribution is 2.20. The van der Waals surface area contributed by atoms with E-state index in [1.54, 1.807) is 6.07 Å². The van der Waals surface area contributed by atoms with E-state index in [0.29, 0.717) is 11.6 Å². The van der Waals surface area contributed by atoms with Crippen molar-refractivity contribution in [2.45, 2.75) is 27.7 Å². The average molecular weight is 353 g/mol. The Morgan fingerprint density at radius 2 is 1.81 bits per heavy atom. The van der Waals surface area contributed by atoms with E-state index in [9.17, 15) is 4.79 Å². The maximum Gasteiger partial charge on any atom is 0.272 e. The highest BCUT2D eigenvalue weighted by molar-refractivity contribution is 5.92. The van der Waals surface area contributed by atoms with E-state index in [2.05, 4.69) is 45.3 Å². The number of piperazine rings is 1. The summed E-state index contributed by atoms with van der Waals surface area (Å²) in [5, 5.41) is 3.27. The number of aryl methyl sites for hydroxylation is 3. The molecule has 1 N–H and O–H groups in total. The lowest BCUT2D eigenvalue weighted by atomic mass is 10.1. The molecule has 26 heavy (non-hydrogen) atoms. The molecule has 6 nitrogen and oxygen atoms in total. The van der Waals surface area contributed by atoms with Crippen LogP contribution in [0.3, 0.4) is 0 Å². The van der Waals surface area contributed by atoms with Crippen molar-refractivity contribution < 1.29 is 4.79 Å². The Labute approximate surface area is 155 Å². The Hall–Kier alpha value is -2.47. The van der Waals surface area contributed by atoms with E-state index in [1.807, 2.05) is 25.7 Å². The number of amides is 1. The number of nitrogens with zero attached hydrogens (tertiary/aromatic N) is 4. The molecule has 1 aromatic carbocycles. The third-order valence-corrected chi connectivity index (χ3v) is 4.82. The molecule has 0 unspecified atom stereocenters. The summed E-state index contributed by atoms with van der Waals surface area (Å²) in [6.07, 6.45) is 0. The molecule has 0 aliphatic carbocycles. The van der Waals surface area contributed by atoms with Crippen molar-refractivity contribution in [3.63, 3.8) is 0 Å². The first-order chi connectivity index (χ1) is 12.5. The predicted octanol–water partition coefficient (Wildman–Crippen LogP) is 2.92. The Balaban J connectivity index is 1.79. The highest BCUT2D eigenvalue weighted by Gasteiger charge is 2.23. The Morgan fingerprint density at radius 3 is 2.50 bits per heavy atom. The summed E-state index contributed by atoms with van der Waals surface area (Å²) < 4.78 is 0. The summed E-state index contributed by atoms with van der Waals surface area (Å²) in [7, 11) is 0. The second-order valence-electron chi connectivity index (χ2n) is 6.89. The maximum absolute atomic E-state index is 12.9. The normalized spacial score (nSPS) is 15.2. The Morgan fingerprint density at radius 1 is 1.08 bits per heavy atom. The highest BCUT2D eigenvalue weighted by atomic mass is 16.2. The Bertz CT molecular complexity index is 797. The van der Waals surface area contributed by atoms with Crippen LogP contribution < -0.4 is 5.32 Å². The fourth-order valence-electron chi connectivity index (χ4n) is 3.15. The van der Waals surface area contributed by atoms with Gasteiger partial charge in [0.2, 0.25) is 5.95 Å². The zero-order chi connectivity index (χ0) is 18.7. The number of anilines is 2. The zero-order valence-electron chi connectivity index (χ0n) is 16.0. The first-order valence-corrected chi connectivity index (χ1v) is 9.18. The van der Waals surface area contributed by atoms with Crippen LogP contribution in [0.1, 0.15) is 34.2 Å². The van der Waals surface area contributed by atoms with Crippen LogP contribution in [0.4, 0.5) is 11.6 Å². The maximum atomic E-state index is 12.9.